The lowest BCUT2D eigenvalue weighted by atomic mass is 9.90. The minimum absolute atomic E-state index is 0.00371. The van der Waals surface area contributed by atoms with Crippen molar-refractivity contribution in [3.05, 3.63) is 53.6 Å². The number of hydrogen-bond donors (Lipinski definition) is 1. The first kappa shape index (κ1) is 20.4. The van der Waals surface area contributed by atoms with Gasteiger partial charge >= 0.3 is 0 Å². The number of nitrogens with zero attached hydrogens (tertiary/aromatic N) is 2. The fourth-order valence-corrected chi connectivity index (χ4v) is 5.11. The number of rotatable bonds is 4. The molecule has 0 unspecified atom stereocenters. The number of nitrogens with one attached hydrogen (secondary N) is 1. The highest BCUT2D eigenvalue weighted by molar-refractivity contribution is 5.92. The molecule has 0 bridgehead atoms. The molecular weight excluding hydrogens is 378 g/mol. The van der Waals surface area contributed by atoms with Crippen LogP contribution in [0.5, 0.6) is 0 Å². The van der Waals surface area contributed by atoms with E-state index in [0.29, 0.717) is 32.5 Å². The molecule has 0 aromatic heterocycles. The Morgan fingerprint density at radius 3 is 2.83 bits per heavy atom. The fraction of sp³-hybridized carbons (Fsp3) is 0.458. The van der Waals surface area contributed by atoms with Gasteiger partial charge in [-0.3, -0.25) is 14.4 Å². The predicted octanol–water partition coefficient (Wildman–Crippen LogP) is 2.16. The first-order valence-corrected chi connectivity index (χ1v) is 10.7. The topological polar surface area (TPSA) is 69.7 Å². The van der Waals surface area contributed by atoms with Crippen molar-refractivity contribution < 1.29 is 14.4 Å². The summed E-state index contributed by atoms with van der Waals surface area (Å²) in [6.45, 7) is 5.36. The van der Waals surface area contributed by atoms with Gasteiger partial charge in [0.2, 0.25) is 17.7 Å². The molecule has 1 saturated heterocycles. The number of likely N-dealkylation sites (N-methyl/N-ethyl adjacent to an activating group) is 1. The van der Waals surface area contributed by atoms with Crippen molar-refractivity contribution in [1.29, 1.82) is 0 Å². The zero-order chi connectivity index (χ0) is 21.3. The Balaban J connectivity index is 1.51. The van der Waals surface area contributed by atoms with E-state index in [1.54, 1.807) is 16.8 Å². The molecule has 1 fully saturated rings. The average molecular weight is 408 g/mol. The maximum Gasteiger partial charge on any atom is 0.245 e. The molecule has 6 heteroatoms. The summed E-state index contributed by atoms with van der Waals surface area (Å²) >= 11 is 0. The van der Waals surface area contributed by atoms with Gasteiger partial charge in [0.25, 0.3) is 0 Å². The summed E-state index contributed by atoms with van der Waals surface area (Å²) in [5.74, 6) is -0.0705. The lowest BCUT2D eigenvalue weighted by Gasteiger charge is -2.38. The number of carbonyl (C=O) groups is 3. The quantitative estimate of drug-likeness (QED) is 0.778. The Morgan fingerprint density at radius 2 is 2.07 bits per heavy atom. The molecule has 4 rings (SSSR count). The first-order chi connectivity index (χ1) is 14.5. The summed E-state index contributed by atoms with van der Waals surface area (Å²) in [4.78, 5) is 41.5. The van der Waals surface area contributed by atoms with Crippen LogP contribution in [0.25, 0.3) is 5.57 Å². The summed E-state index contributed by atoms with van der Waals surface area (Å²) in [5.41, 5.74) is 4.97. The maximum absolute atomic E-state index is 13.3. The van der Waals surface area contributed by atoms with Crippen molar-refractivity contribution in [1.82, 2.24) is 15.1 Å². The molecule has 158 valence electrons. The first-order valence-electron chi connectivity index (χ1n) is 10.7. The third kappa shape index (κ3) is 3.78. The molecule has 1 N–H and O–H groups in total. The number of hydrogen-bond acceptors (Lipinski definition) is 3. The van der Waals surface area contributed by atoms with E-state index in [1.165, 1.54) is 28.3 Å². The van der Waals surface area contributed by atoms with Gasteiger partial charge in [-0.1, -0.05) is 30.8 Å². The van der Waals surface area contributed by atoms with Gasteiger partial charge in [-0.25, -0.2) is 0 Å². The minimum Gasteiger partial charge on any atom is -0.357 e. The molecule has 2 atom stereocenters. The van der Waals surface area contributed by atoms with Gasteiger partial charge in [-0.2, -0.15) is 0 Å². The van der Waals surface area contributed by atoms with Gasteiger partial charge in [0.05, 0.1) is 0 Å². The molecule has 0 radical (unpaired) electrons. The predicted molar refractivity (Wildman–Crippen MR) is 115 cm³/mol. The highest BCUT2D eigenvalue weighted by atomic mass is 16.2. The summed E-state index contributed by atoms with van der Waals surface area (Å²) in [6.07, 6.45) is 4.92. The normalized spacial score (nSPS) is 23.0. The molecule has 1 aliphatic carbocycles. The van der Waals surface area contributed by atoms with Crippen LogP contribution in [0.2, 0.25) is 0 Å². The van der Waals surface area contributed by atoms with Crippen LogP contribution in [0, 0.1) is 5.92 Å². The Bertz CT molecular complexity index is 920. The summed E-state index contributed by atoms with van der Waals surface area (Å²) < 4.78 is 0. The Kier molecular flexibility index (Phi) is 5.75. The third-order valence-electron chi connectivity index (χ3n) is 6.65. The van der Waals surface area contributed by atoms with E-state index >= 15 is 0 Å². The molecular formula is C24H29N3O3. The standard InChI is InChI=1S/C24H29N3O3/c1-3-22(28)26-10-6-7-16(14-26)11-23(29)27-15-18-12-17-8-4-5-9-19(17)20(18)13-21(27)24(30)25-2/h3-5,8-9,16,21H,1,6-7,10-15H2,2H3,(H,25,30)/t16-,21-/m1/s1. The Labute approximate surface area is 177 Å². The van der Waals surface area contributed by atoms with Crippen molar-refractivity contribution >= 4 is 23.3 Å². The van der Waals surface area contributed by atoms with Crippen molar-refractivity contribution in [3.8, 4) is 0 Å². The number of likely N-dealkylation sites (tertiary alicyclic amines) is 1. The van der Waals surface area contributed by atoms with Crippen LogP contribution in [0.3, 0.4) is 0 Å². The van der Waals surface area contributed by atoms with E-state index in [2.05, 4.69) is 24.0 Å². The molecule has 2 aliphatic heterocycles. The van der Waals surface area contributed by atoms with Crippen LogP contribution in [0.1, 0.15) is 36.8 Å². The van der Waals surface area contributed by atoms with Gasteiger partial charge < -0.3 is 15.1 Å². The second-order valence-electron chi connectivity index (χ2n) is 8.47. The summed E-state index contributed by atoms with van der Waals surface area (Å²) in [6, 6.07) is 7.82. The van der Waals surface area contributed by atoms with Crippen LogP contribution in [-0.2, 0) is 20.8 Å². The zero-order valence-corrected chi connectivity index (χ0v) is 17.5. The largest absolute Gasteiger partial charge is 0.357 e. The SMILES string of the molecule is C=CC(=O)N1CCC[C@H](CC(=O)N2CC3=C(C[C@@H]2C(=O)NC)c2ccccc2C3)C1. The molecule has 2 heterocycles. The molecule has 1 aromatic carbocycles. The number of piperidine rings is 1. The number of carbonyl (C=O) groups excluding carboxylic acids is 3. The van der Waals surface area contributed by atoms with E-state index in [9.17, 15) is 14.4 Å². The molecule has 0 saturated carbocycles. The highest BCUT2D eigenvalue weighted by Gasteiger charge is 2.39. The second kappa shape index (κ2) is 8.46. The number of benzene rings is 1. The third-order valence-corrected chi connectivity index (χ3v) is 6.65. The van der Waals surface area contributed by atoms with Gasteiger partial charge in [0, 0.05) is 39.5 Å². The lowest BCUT2D eigenvalue weighted by molar-refractivity contribution is -0.141. The van der Waals surface area contributed by atoms with E-state index in [-0.39, 0.29) is 23.6 Å². The second-order valence-corrected chi connectivity index (χ2v) is 8.47. The number of fused-ring (bicyclic) bond motifs is 2. The molecule has 6 nitrogen and oxygen atoms in total. The van der Waals surface area contributed by atoms with Crippen LogP contribution < -0.4 is 5.32 Å². The zero-order valence-electron chi connectivity index (χ0n) is 17.5. The number of amides is 3. The van der Waals surface area contributed by atoms with Gasteiger partial charge in [-0.05, 0) is 53.5 Å². The fourth-order valence-electron chi connectivity index (χ4n) is 5.11. The molecule has 3 amide bonds. The van der Waals surface area contributed by atoms with E-state index < -0.39 is 6.04 Å². The summed E-state index contributed by atoms with van der Waals surface area (Å²) in [5, 5.41) is 2.74. The van der Waals surface area contributed by atoms with Gasteiger partial charge in [0.15, 0.2) is 0 Å². The van der Waals surface area contributed by atoms with Crippen molar-refractivity contribution in [2.75, 3.05) is 26.7 Å². The van der Waals surface area contributed by atoms with E-state index in [1.807, 2.05) is 12.1 Å². The molecule has 30 heavy (non-hydrogen) atoms. The molecule has 1 aromatic rings. The van der Waals surface area contributed by atoms with Gasteiger partial charge in [-0.15, -0.1) is 0 Å². The monoisotopic (exact) mass is 407 g/mol. The lowest BCUT2D eigenvalue weighted by Crippen LogP contribution is -2.52. The van der Waals surface area contributed by atoms with Crippen LogP contribution in [0.15, 0.2) is 42.5 Å². The molecule has 3 aliphatic rings. The smallest absolute Gasteiger partial charge is 0.245 e. The van der Waals surface area contributed by atoms with E-state index in [4.69, 9.17) is 0 Å². The Morgan fingerprint density at radius 1 is 1.27 bits per heavy atom. The van der Waals surface area contributed by atoms with Crippen LogP contribution >= 0.6 is 0 Å². The van der Waals surface area contributed by atoms with Crippen molar-refractivity contribution in [2.45, 2.75) is 38.1 Å². The maximum atomic E-state index is 13.3. The van der Waals surface area contributed by atoms with Crippen LogP contribution in [-0.4, -0.2) is 60.2 Å². The average Bonchev–Trinajstić information content (AvgIpc) is 3.14. The van der Waals surface area contributed by atoms with Crippen molar-refractivity contribution in [2.24, 2.45) is 5.92 Å². The van der Waals surface area contributed by atoms with Crippen molar-refractivity contribution in [3.63, 3.8) is 0 Å². The highest BCUT2D eigenvalue weighted by Crippen LogP contribution is 2.40. The van der Waals surface area contributed by atoms with E-state index in [0.717, 1.165) is 19.3 Å². The minimum atomic E-state index is -0.484. The van der Waals surface area contributed by atoms with Crippen LogP contribution in [0.4, 0.5) is 0 Å². The van der Waals surface area contributed by atoms with Gasteiger partial charge in [0.1, 0.15) is 6.04 Å². The molecule has 0 spiro atoms. The Hall–Kier alpha value is -2.89. The summed E-state index contributed by atoms with van der Waals surface area (Å²) in [7, 11) is 1.62.